The Bertz CT molecular complexity index is 803. The number of hydrogen-bond acceptors (Lipinski definition) is 3. The molecule has 3 aromatic rings. The highest BCUT2D eigenvalue weighted by Gasteiger charge is 2.13. The van der Waals surface area contributed by atoms with E-state index < -0.39 is 17.7 Å². The minimum Gasteiger partial charge on any atom is -0.363 e. The molecule has 7 heteroatoms. The summed E-state index contributed by atoms with van der Waals surface area (Å²) in [6.07, 6.45) is 3.48. The second-order valence-corrected chi connectivity index (χ2v) is 5.77. The van der Waals surface area contributed by atoms with Crippen LogP contribution in [0, 0.1) is 15.2 Å². The van der Waals surface area contributed by atoms with Crippen molar-refractivity contribution in [1.29, 1.82) is 0 Å². The van der Waals surface area contributed by atoms with E-state index in [0.29, 0.717) is 11.5 Å². The van der Waals surface area contributed by atoms with E-state index in [-0.39, 0.29) is 5.56 Å². The van der Waals surface area contributed by atoms with Gasteiger partial charge in [0.2, 0.25) is 0 Å². The van der Waals surface area contributed by atoms with Crippen molar-refractivity contribution in [1.82, 2.24) is 14.6 Å². The first kappa shape index (κ1) is 14.2. The van der Waals surface area contributed by atoms with Crippen LogP contribution in [-0.2, 0) is 0 Å². The molecule has 0 fully saturated rings. The molecule has 1 aromatic carbocycles. The fourth-order valence-electron chi connectivity index (χ4n) is 2.07. The Balaban J connectivity index is 1.90. The first-order valence-electron chi connectivity index (χ1n) is 6.26. The smallest absolute Gasteiger partial charge is 0.170 e. The van der Waals surface area contributed by atoms with Crippen molar-refractivity contribution in [2.75, 3.05) is 5.32 Å². The Hall–Kier alpha value is -1.77. The van der Waals surface area contributed by atoms with Crippen molar-refractivity contribution in [2.45, 2.75) is 13.0 Å². The topological polar surface area (TPSA) is 42.2 Å². The van der Waals surface area contributed by atoms with E-state index in [9.17, 15) is 8.78 Å². The summed E-state index contributed by atoms with van der Waals surface area (Å²) in [5.41, 5.74) is 0.979. The lowest BCUT2D eigenvalue weighted by molar-refractivity contribution is 0.577. The SMILES string of the molecule is C[C@@H](Nc1ccn2ncc(I)c2n1)c1cc(F)ccc1F. The Morgan fingerprint density at radius 2 is 2.10 bits per heavy atom. The molecule has 0 amide bonds. The van der Waals surface area contributed by atoms with Crippen LogP contribution in [0.4, 0.5) is 14.6 Å². The summed E-state index contributed by atoms with van der Waals surface area (Å²) in [7, 11) is 0. The number of fused-ring (bicyclic) bond motifs is 1. The second kappa shape index (κ2) is 5.55. The fourth-order valence-corrected chi connectivity index (χ4v) is 2.56. The largest absolute Gasteiger partial charge is 0.363 e. The van der Waals surface area contributed by atoms with Crippen LogP contribution in [0.3, 0.4) is 0 Å². The molecular weight excluding hydrogens is 389 g/mol. The average molecular weight is 400 g/mol. The summed E-state index contributed by atoms with van der Waals surface area (Å²) >= 11 is 2.14. The van der Waals surface area contributed by atoms with Crippen molar-refractivity contribution in [3.05, 3.63) is 57.4 Å². The first-order valence-corrected chi connectivity index (χ1v) is 7.34. The van der Waals surface area contributed by atoms with Gasteiger partial charge < -0.3 is 5.32 Å². The molecule has 0 spiro atoms. The minimum atomic E-state index is -0.464. The second-order valence-electron chi connectivity index (χ2n) is 4.61. The first-order chi connectivity index (χ1) is 10.0. The van der Waals surface area contributed by atoms with Gasteiger partial charge in [-0.05, 0) is 53.8 Å². The summed E-state index contributed by atoms with van der Waals surface area (Å²) in [6.45, 7) is 1.76. The van der Waals surface area contributed by atoms with Gasteiger partial charge >= 0.3 is 0 Å². The highest BCUT2D eigenvalue weighted by atomic mass is 127. The van der Waals surface area contributed by atoms with Crippen molar-refractivity contribution in [3.63, 3.8) is 0 Å². The van der Waals surface area contributed by atoms with Crippen molar-refractivity contribution in [2.24, 2.45) is 0 Å². The van der Waals surface area contributed by atoms with Gasteiger partial charge in [-0.25, -0.2) is 18.3 Å². The highest BCUT2D eigenvalue weighted by molar-refractivity contribution is 14.1. The molecule has 0 aliphatic rings. The quantitative estimate of drug-likeness (QED) is 0.681. The summed E-state index contributed by atoms with van der Waals surface area (Å²) in [5, 5.41) is 7.20. The number of anilines is 1. The van der Waals surface area contributed by atoms with Crippen LogP contribution in [-0.4, -0.2) is 14.6 Å². The van der Waals surface area contributed by atoms with Crippen LogP contribution in [0.25, 0.3) is 5.65 Å². The van der Waals surface area contributed by atoms with E-state index in [2.05, 4.69) is 38.0 Å². The Kier molecular flexibility index (Phi) is 3.75. The molecule has 1 atom stereocenters. The molecule has 0 radical (unpaired) electrons. The van der Waals surface area contributed by atoms with Crippen molar-refractivity contribution < 1.29 is 8.78 Å². The van der Waals surface area contributed by atoms with E-state index >= 15 is 0 Å². The zero-order valence-corrected chi connectivity index (χ0v) is 13.2. The number of nitrogens with one attached hydrogen (secondary N) is 1. The third-order valence-corrected chi connectivity index (χ3v) is 3.88. The third-order valence-electron chi connectivity index (χ3n) is 3.12. The van der Waals surface area contributed by atoms with Gasteiger partial charge in [0.05, 0.1) is 15.8 Å². The molecule has 0 saturated carbocycles. The van der Waals surface area contributed by atoms with E-state index in [4.69, 9.17) is 0 Å². The molecule has 0 unspecified atom stereocenters. The maximum Gasteiger partial charge on any atom is 0.170 e. The number of benzene rings is 1. The number of rotatable bonds is 3. The maximum atomic E-state index is 13.7. The number of aromatic nitrogens is 3. The lowest BCUT2D eigenvalue weighted by atomic mass is 10.1. The highest BCUT2D eigenvalue weighted by Crippen LogP contribution is 2.22. The van der Waals surface area contributed by atoms with Crippen LogP contribution in [0.1, 0.15) is 18.5 Å². The summed E-state index contributed by atoms with van der Waals surface area (Å²) in [6, 6.07) is 4.75. The molecule has 2 aromatic heterocycles. The average Bonchev–Trinajstić information content (AvgIpc) is 2.83. The third kappa shape index (κ3) is 2.82. The summed E-state index contributed by atoms with van der Waals surface area (Å²) in [5.74, 6) is -0.331. The van der Waals surface area contributed by atoms with Gasteiger partial charge in [0.25, 0.3) is 0 Å². The van der Waals surface area contributed by atoms with Gasteiger partial charge in [-0.1, -0.05) is 0 Å². The Morgan fingerprint density at radius 3 is 2.90 bits per heavy atom. The molecular formula is C14H11F2IN4. The Morgan fingerprint density at radius 1 is 1.29 bits per heavy atom. The van der Waals surface area contributed by atoms with Crippen LogP contribution in [0.15, 0.2) is 36.7 Å². The number of nitrogens with zero attached hydrogens (tertiary/aromatic N) is 3. The maximum absolute atomic E-state index is 13.7. The fraction of sp³-hybridized carbons (Fsp3) is 0.143. The van der Waals surface area contributed by atoms with E-state index in [0.717, 1.165) is 15.7 Å². The molecule has 4 nitrogen and oxygen atoms in total. The van der Waals surface area contributed by atoms with Crippen LogP contribution in [0.2, 0.25) is 0 Å². The Labute approximate surface area is 133 Å². The monoisotopic (exact) mass is 400 g/mol. The van der Waals surface area contributed by atoms with Crippen molar-refractivity contribution in [3.8, 4) is 0 Å². The molecule has 0 saturated heterocycles. The van der Waals surface area contributed by atoms with E-state index in [1.165, 1.54) is 6.07 Å². The summed E-state index contributed by atoms with van der Waals surface area (Å²) in [4.78, 5) is 4.42. The lowest BCUT2D eigenvalue weighted by Gasteiger charge is -2.15. The molecule has 2 heterocycles. The molecule has 1 N–H and O–H groups in total. The van der Waals surface area contributed by atoms with Crippen LogP contribution in [0.5, 0.6) is 0 Å². The molecule has 0 aliphatic carbocycles. The van der Waals surface area contributed by atoms with Crippen LogP contribution >= 0.6 is 22.6 Å². The number of hydrogen-bond donors (Lipinski definition) is 1. The normalized spacial score (nSPS) is 12.6. The van der Waals surface area contributed by atoms with Crippen LogP contribution < -0.4 is 5.32 Å². The van der Waals surface area contributed by atoms with Gasteiger partial charge in [0, 0.05) is 11.8 Å². The zero-order chi connectivity index (χ0) is 15.0. The lowest BCUT2D eigenvalue weighted by Crippen LogP contribution is -2.10. The van der Waals surface area contributed by atoms with Gasteiger partial charge in [-0.2, -0.15) is 5.10 Å². The van der Waals surface area contributed by atoms with Gasteiger partial charge in [0.15, 0.2) is 5.65 Å². The number of halogens is 3. The van der Waals surface area contributed by atoms with Gasteiger partial charge in [-0.3, -0.25) is 0 Å². The van der Waals surface area contributed by atoms with E-state index in [1.54, 1.807) is 29.9 Å². The standard InChI is InChI=1S/C14H11F2IN4/c1-8(10-6-9(15)2-3-11(10)16)19-13-4-5-21-14(20-13)12(17)7-18-21/h2-8H,1H3,(H,19,20)/t8-/m1/s1. The molecule has 0 bridgehead atoms. The van der Waals surface area contributed by atoms with Crippen molar-refractivity contribution >= 4 is 34.1 Å². The van der Waals surface area contributed by atoms with Gasteiger partial charge in [0.1, 0.15) is 17.5 Å². The molecule has 0 aliphatic heterocycles. The predicted molar refractivity (Wildman–Crippen MR) is 84.1 cm³/mol. The molecule has 3 rings (SSSR count). The molecule has 21 heavy (non-hydrogen) atoms. The van der Waals surface area contributed by atoms with E-state index in [1.807, 2.05) is 0 Å². The van der Waals surface area contributed by atoms with Gasteiger partial charge in [-0.15, -0.1) is 0 Å². The summed E-state index contributed by atoms with van der Waals surface area (Å²) < 4.78 is 29.6. The minimum absolute atomic E-state index is 0.264. The molecule has 108 valence electrons. The zero-order valence-electron chi connectivity index (χ0n) is 11.0. The predicted octanol–water partition coefficient (Wildman–Crippen LogP) is 3.79.